The first-order valence-corrected chi connectivity index (χ1v) is 9.09. The molecule has 1 aliphatic heterocycles. The van der Waals surface area contributed by atoms with Gasteiger partial charge in [0.15, 0.2) is 0 Å². The molecule has 146 valence electrons. The topological polar surface area (TPSA) is 101 Å². The van der Waals surface area contributed by atoms with E-state index in [1.54, 1.807) is 18.2 Å². The van der Waals surface area contributed by atoms with Crippen molar-refractivity contribution in [2.45, 2.75) is 25.5 Å². The Kier molecular flexibility index (Phi) is 6.56. The maximum Gasteiger partial charge on any atom is 0.410 e. The summed E-state index contributed by atoms with van der Waals surface area (Å²) >= 11 is 0. The lowest BCUT2D eigenvalue weighted by atomic mass is 10.2. The minimum Gasteiger partial charge on any atom is -0.445 e. The van der Waals surface area contributed by atoms with Crippen LogP contribution < -0.4 is 10.6 Å². The van der Waals surface area contributed by atoms with Crippen LogP contribution in [0.5, 0.6) is 0 Å². The molecular formula is C20H22N4O4. The summed E-state index contributed by atoms with van der Waals surface area (Å²) in [5.74, 6) is -0.707. The molecule has 0 aliphatic carbocycles. The highest BCUT2D eigenvalue weighted by Crippen LogP contribution is 2.19. The van der Waals surface area contributed by atoms with Gasteiger partial charge >= 0.3 is 6.09 Å². The third-order valence-electron chi connectivity index (χ3n) is 4.40. The molecule has 1 aliphatic rings. The van der Waals surface area contributed by atoms with Crippen molar-refractivity contribution < 1.29 is 19.1 Å². The van der Waals surface area contributed by atoms with Crippen LogP contribution in [0.1, 0.15) is 28.9 Å². The molecule has 2 aromatic rings. The fourth-order valence-corrected chi connectivity index (χ4v) is 2.98. The Morgan fingerprint density at radius 1 is 1.07 bits per heavy atom. The minimum atomic E-state index is -0.602. The van der Waals surface area contributed by atoms with Gasteiger partial charge < -0.3 is 15.4 Å². The number of carbonyl (C=O) groups is 3. The molecule has 1 aromatic carbocycles. The second kappa shape index (κ2) is 9.50. The molecule has 0 spiro atoms. The number of benzene rings is 1. The summed E-state index contributed by atoms with van der Waals surface area (Å²) in [6.07, 6.45) is 2.28. The van der Waals surface area contributed by atoms with E-state index in [1.807, 2.05) is 30.3 Å². The molecule has 1 saturated heterocycles. The second-order valence-electron chi connectivity index (χ2n) is 6.33. The van der Waals surface area contributed by atoms with Crippen molar-refractivity contribution in [3.8, 4) is 0 Å². The maximum absolute atomic E-state index is 12.4. The highest BCUT2D eigenvalue weighted by Gasteiger charge is 2.35. The van der Waals surface area contributed by atoms with Crippen molar-refractivity contribution in [3.05, 3.63) is 66.0 Å². The van der Waals surface area contributed by atoms with Crippen LogP contribution in [0.2, 0.25) is 0 Å². The monoisotopic (exact) mass is 382 g/mol. The minimum absolute atomic E-state index is 0.0440. The molecule has 28 heavy (non-hydrogen) atoms. The Labute approximate surface area is 162 Å². The van der Waals surface area contributed by atoms with Gasteiger partial charge in [-0.05, 0) is 30.5 Å². The number of nitrogens with one attached hydrogen (secondary N) is 2. The van der Waals surface area contributed by atoms with Crippen molar-refractivity contribution in [2.75, 3.05) is 13.2 Å². The zero-order valence-corrected chi connectivity index (χ0v) is 15.3. The van der Waals surface area contributed by atoms with E-state index in [4.69, 9.17) is 4.74 Å². The van der Waals surface area contributed by atoms with E-state index in [-0.39, 0.29) is 30.8 Å². The molecule has 3 amide bonds. The van der Waals surface area contributed by atoms with Gasteiger partial charge in [-0.25, -0.2) is 4.79 Å². The number of hydrogen-bond donors (Lipinski definition) is 2. The summed E-state index contributed by atoms with van der Waals surface area (Å²) in [5, 5.41) is 5.21. The molecule has 1 atom stereocenters. The van der Waals surface area contributed by atoms with E-state index in [9.17, 15) is 14.4 Å². The standard InChI is InChI=1S/C20H22N4O4/c25-18(16-9-4-5-11-21-16)22-14-23-19(26)17-10-6-12-24(17)20(27)28-13-15-7-2-1-3-8-15/h1-5,7-9,11,17H,6,10,12-14H2,(H,22,25)(H,23,26)/t17-/m0/s1. The first-order valence-electron chi connectivity index (χ1n) is 9.09. The normalized spacial score (nSPS) is 15.7. The zero-order chi connectivity index (χ0) is 19.8. The van der Waals surface area contributed by atoms with Crippen LogP contribution in [0.25, 0.3) is 0 Å². The Morgan fingerprint density at radius 2 is 1.86 bits per heavy atom. The largest absolute Gasteiger partial charge is 0.445 e. The van der Waals surface area contributed by atoms with Gasteiger partial charge in [-0.2, -0.15) is 0 Å². The van der Waals surface area contributed by atoms with Crippen LogP contribution >= 0.6 is 0 Å². The first kappa shape index (κ1) is 19.3. The third kappa shape index (κ3) is 5.06. The summed E-state index contributed by atoms with van der Waals surface area (Å²) in [4.78, 5) is 42.1. The van der Waals surface area contributed by atoms with Crippen molar-refractivity contribution in [1.82, 2.24) is 20.5 Å². The molecule has 8 nitrogen and oxygen atoms in total. The summed E-state index contributed by atoms with van der Waals surface area (Å²) < 4.78 is 5.32. The van der Waals surface area contributed by atoms with Gasteiger partial charge in [-0.15, -0.1) is 0 Å². The van der Waals surface area contributed by atoms with E-state index in [0.717, 1.165) is 12.0 Å². The molecule has 8 heteroatoms. The van der Waals surface area contributed by atoms with E-state index < -0.39 is 12.1 Å². The molecule has 0 bridgehead atoms. The van der Waals surface area contributed by atoms with Gasteiger partial charge in [0.1, 0.15) is 18.3 Å². The van der Waals surface area contributed by atoms with Crippen LogP contribution in [0.3, 0.4) is 0 Å². The molecule has 0 saturated carbocycles. The Balaban J connectivity index is 1.46. The number of aromatic nitrogens is 1. The zero-order valence-electron chi connectivity index (χ0n) is 15.3. The number of ether oxygens (including phenoxy) is 1. The van der Waals surface area contributed by atoms with E-state index in [0.29, 0.717) is 13.0 Å². The summed E-state index contributed by atoms with van der Waals surface area (Å²) in [6.45, 7) is 0.578. The van der Waals surface area contributed by atoms with Gasteiger partial charge in [0.2, 0.25) is 5.91 Å². The van der Waals surface area contributed by atoms with Crippen LogP contribution in [0, 0.1) is 0 Å². The number of likely N-dealkylation sites (tertiary alicyclic amines) is 1. The SMILES string of the molecule is O=C(NCNC(=O)[C@@H]1CCCN1C(=O)OCc1ccccc1)c1ccccn1. The van der Waals surface area contributed by atoms with Gasteiger partial charge in [0, 0.05) is 12.7 Å². The lowest BCUT2D eigenvalue weighted by molar-refractivity contribution is -0.125. The average molecular weight is 382 g/mol. The molecular weight excluding hydrogens is 360 g/mol. The van der Waals surface area contributed by atoms with Crippen molar-refractivity contribution >= 4 is 17.9 Å². The highest BCUT2D eigenvalue weighted by molar-refractivity contribution is 5.92. The quantitative estimate of drug-likeness (QED) is 0.741. The molecule has 2 heterocycles. The van der Waals surface area contributed by atoms with Crippen molar-refractivity contribution in [2.24, 2.45) is 0 Å². The maximum atomic E-state index is 12.4. The van der Waals surface area contributed by atoms with Gasteiger partial charge in [-0.1, -0.05) is 36.4 Å². The van der Waals surface area contributed by atoms with E-state index in [1.165, 1.54) is 11.1 Å². The van der Waals surface area contributed by atoms with Crippen LogP contribution in [-0.4, -0.2) is 47.0 Å². The van der Waals surface area contributed by atoms with E-state index >= 15 is 0 Å². The number of rotatable bonds is 6. The molecule has 2 N–H and O–H groups in total. The molecule has 1 fully saturated rings. The fraction of sp³-hybridized carbons (Fsp3) is 0.300. The Hall–Kier alpha value is -3.42. The van der Waals surface area contributed by atoms with Gasteiger partial charge in [-0.3, -0.25) is 19.5 Å². The Bertz CT molecular complexity index is 813. The molecule has 0 unspecified atom stereocenters. The number of amides is 3. The smallest absolute Gasteiger partial charge is 0.410 e. The third-order valence-corrected chi connectivity index (χ3v) is 4.40. The number of hydrogen-bond acceptors (Lipinski definition) is 5. The fourth-order valence-electron chi connectivity index (χ4n) is 2.98. The molecule has 3 rings (SSSR count). The average Bonchev–Trinajstić information content (AvgIpc) is 3.23. The molecule has 0 radical (unpaired) electrons. The summed E-state index contributed by atoms with van der Waals surface area (Å²) in [5.41, 5.74) is 1.15. The van der Waals surface area contributed by atoms with Crippen LogP contribution in [-0.2, 0) is 16.1 Å². The van der Waals surface area contributed by atoms with Gasteiger partial charge in [0.25, 0.3) is 5.91 Å². The first-order chi connectivity index (χ1) is 13.6. The van der Waals surface area contributed by atoms with Gasteiger partial charge in [0.05, 0.1) is 6.67 Å². The van der Waals surface area contributed by atoms with Crippen molar-refractivity contribution in [1.29, 1.82) is 0 Å². The number of carbonyl (C=O) groups excluding carboxylic acids is 3. The lowest BCUT2D eigenvalue weighted by Gasteiger charge is -2.23. The lowest BCUT2D eigenvalue weighted by Crippen LogP contribution is -2.48. The van der Waals surface area contributed by atoms with E-state index in [2.05, 4.69) is 15.6 Å². The predicted octanol–water partition coefficient (Wildman–Crippen LogP) is 1.69. The predicted molar refractivity (Wildman–Crippen MR) is 101 cm³/mol. The van der Waals surface area contributed by atoms with Crippen LogP contribution in [0.4, 0.5) is 4.79 Å². The summed E-state index contributed by atoms with van der Waals surface area (Å²) in [6, 6.07) is 13.8. The highest BCUT2D eigenvalue weighted by atomic mass is 16.6. The molecule has 1 aromatic heterocycles. The Morgan fingerprint density at radius 3 is 2.61 bits per heavy atom. The second-order valence-corrected chi connectivity index (χ2v) is 6.33. The van der Waals surface area contributed by atoms with Crippen LogP contribution in [0.15, 0.2) is 54.7 Å². The number of nitrogens with zero attached hydrogens (tertiary/aromatic N) is 2. The number of pyridine rings is 1. The summed E-state index contributed by atoms with van der Waals surface area (Å²) in [7, 11) is 0. The van der Waals surface area contributed by atoms with Crippen molar-refractivity contribution in [3.63, 3.8) is 0 Å².